The quantitative estimate of drug-likeness (QED) is 0.161. The number of para-hydroxylation sites is 2. The van der Waals surface area contributed by atoms with Crippen LogP contribution in [-0.4, -0.2) is 33.2 Å². The number of unbranched alkanes of at least 4 members (excludes halogenated alkanes) is 3. The fourth-order valence-corrected chi connectivity index (χ4v) is 3.26. The number of rotatable bonds is 12. The summed E-state index contributed by atoms with van der Waals surface area (Å²) < 4.78 is 0. The van der Waals surface area contributed by atoms with E-state index in [0.717, 1.165) is 24.2 Å². The largest absolute Gasteiger partial charge is 0.289 e. The Kier molecular flexibility index (Phi) is 9.70. The number of hydrogen-bond donors (Lipinski definition) is 3. The second-order valence-corrected chi connectivity index (χ2v) is 7.57. The van der Waals surface area contributed by atoms with Crippen LogP contribution in [0.25, 0.3) is 0 Å². The Morgan fingerprint density at radius 3 is 1.88 bits per heavy atom. The normalized spacial score (nSPS) is 10.7. The second kappa shape index (κ2) is 13.4. The van der Waals surface area contributed by atoms with Gasteiger partial charge in [0.1, 0.15) is 0 Å². The summed E-state index contributed by atoms with van der Waals surface area (Å²) in [4.78, 5) is 33.8. The van der Waals surface area contributed by atoms with Gasteiger partial charge in [0.2, 0.25) is 17.8 Å². The summed E-state index contributed by atoms with van der Waals surface area (Å²) in [6, 6.07) is 19.7. The Bertz CT molecular complexity index is 1020. The smallest absolute Gasteiger partial charge is 0.243 e. The number of amides is 2. The van der Waals surface area contributed by atoms with Crippen LogP contribution < -0.4 is 15.8 Å². The summed E-state index contributed by atoms with van der Waals surface area (Å²) in [5.74, 6) is -0.0480. The first-order valence-electron chi connectivity index (χ1n) is 11.1. The molecule has 0 spiro atoms. The summed E-state index contributed by atoms with van der Waals surface area (Å²) in [7, 11) is 0. The van der Waals surface area contributed by atoms with Gasteiger partial charge in [-0.25, -0.2) is 20.9 Å². The molecule has 9 heteroatoms. The first-order valence-corrected chi connectivity index (χ1v) is 11.1. The molecule has 1 aromatic heterocycles. The van der Waals surface area contributed by atoms with Crippen LogP contribution in [0, 0.1) is 0 Å². The van der Waals surface area contributed by atoms with Crippen molar-refractivity contribution in [1.29, 1.82) is 0 Å². The summed E-state index contributed by atoms with van der Waals surface area (Å²) in [6.07, 6.45) is 8.46. The van der Waals surface area contributed by atoms with Crippen molar-refractivity contribution < 1.29 is 14.8 Å². The number of hydrazone groups is 1. The van der Waals surface area contributed by atoms with Gasteiger partial charge in [0.05, 0.1) is 6.21 Å². The van der Waals surface area contributed by atoms with Gasteiger partial charge in [-0.3, -0.25) is 19.7 Å². The number of benzene rings is 2. The Hall–Kier alpha value is -4.11. The molecule has 0 saturated heterocycles. The lowest BCUT2D eigenvalue weighted by Gasteiger charge is -2.22. The lowest BCUT2D eigenvalue weighted by atomic mass is 10.1. The molecular weight excluding hydrogens is 432 g/mol. The predicted octanol–water partition coefficient (Wildman–Crippen LogP) is 4.24. The first kappa shape index (κ1) is 24.5. The van der Waals surface area contributed by atoms with Gasteiger partial charge in [0.15, 0.2) is 0 Å². The minimum absolute atomic E-state index is 0.179. The van der Waals surface area contributed by atoms with Crippen molar-refractivity contribution in [2.75, 3.05) is 4.90 Å². The van der Waals surface area contributed by atoms with Crippen LogP contribution in [0.4, 0.5) is 17.3 Å². The number of anilines is 3. The van der Waals surface area contributed by atoms with E-state index in [1.54, 1.807) is 17.9 Å². The SMILES string of the molecule is O=C(CCCCCCC(=O)N/N=C/c1cnc(N(c2ccccc2)c2ccccc2)nc1)NO. The van der Waals surface area contributed by atoms with Gasteiger partial charge < -0.3 is 0 Å². The van der Waals surface area contributed by atoms with Crippen molar-refractivity contribution in [3.8, 4) is 0 Å². The summed E-state index contributed by atoms with van der Waals surface area (Å²) in [5, 5.41) is 12.4. The number of aromatic nitrogens is 2. The van der Waals surface area contributed by atoms with E-state index in [1.807, 2.05) is 65.6 Å². The molecule has 176 valence electrons. The zero-order valence-corrected chi connectivity index (χ0v) is 18.8. The van der Waals surface area contributed by atoms with Crippen LogP contribution in [0.1, 0.15) is 44.1 Å². The van der Waals surface area contributed by atoms with Crippen LogP contribution in [0.15, 0.2) is 78.2 Å². The molecule has 3 rings (SSSR count). The molecule has 0 aliphatic heterocycles. The lowest BCUT2D eigenvalue weighted by molar-refractivity contribution is -0.129. The van der Waals surface area contributed by atoms with Crippen molar-refractivity contribution in [1.82, 2.24) is 20.9 Å². The average molecular weight is 461 g/mol. The molecule has 0 fully saturated rings. The van der Waals surface area contributed by atoms with Gasteiger partial charge in [0, 0.05) is 42.2 Å². The van der Waals surface area contributed by atoms with Gasteiger partial charge in [-0.2, -0.15) is 5.10 Å². The number of carbonyl (C=O) groups excluding carboxylic acids is 2. The van der Waals surface area contributed by atoms with Crippen LogP contribution >= 0.6 is 0 Å². The maximum atomic E-state index is 11.9. The topological polar surface area (TPSA) is 120 Å². The van der Waals surface area contributed by atoms with Crippen LogP contribution in [0.3, 0.4) is 0 Å². The highest BCUT2D eigenvalue weighted by molar-refractivity contribution is 5.82. The summed E-state index contributed by atoms with van der Waals surface area (Å²) in [6.45, 7) is 0. The third-order valence-corrected chi connectivity index (χ3v) is 4.97. The molecule has 1 heterocycles. The molecule has 3 aromatic rings. The van der Waals surface area contributed by atoms with E-state index in [1.165, 1.54) is 6.21 Å². The minimum atomic E-state index is -0.392. The fourth-order valence-electron chi connectivity index (χ4n) is 3.26. The molecule has 0 unspecified atom stereocenters. The van der Waals surface area contributed by atoms with E-state index in [4.69, 9.17) is 5.21 Å². The van der Waals surface area contributed by atoms with Crippen molar-refractivity contribution in [2.24, 2.45) is 5.10 Å². The maximum Gasteiger partial charge on any atom is 0.243 e. The fraction of sp³-hybridized carbons (Fsp3) is 0.240. The zero-order chi connectivity index (χ0) is 24.0. The molecule has 0 aliphatic rings. The van der Waals surface area contributed by atoms with Gasteiger partial charge in [-0.05, 0) is 37.1 Å². The van der Waals surface area contributed by atoms with E-state index < -0.39 is 5.91 Å². The Morgan fingerprint density at radius 1 is 0.824 bits per heavy atom. The van der Waals surface area contributed by atoms with Gasteiger partial charge in [-0.15, -0.1) is 0 Å². The molecule has 9 nitrogen and oxygen atoms in total. The Morgan fingerprint density at radius 2 is 1.35 bits per heavy atom. The second-order valence-electron chi connectivity index (χ2n) is 7.57. The van der Waals surface area contributed by atoms with E-state index in [0.29, 0.717) is 30.8 Å². The third-order valence-electron chi connectivity index (χ3n) is 4.97. The number of nitrogens with zero attached hydrogens (tertiary/aromatic N) is 4. The standard InChI is InChI=1S/C25H28N6O3/c32-23(15-9-1-2-10-16-24(33)30-34)29-28-19-20-17-26-25(27-18-20)31(21-11-5-3-6-12-21)22-13-7-4-8-14-22/h3-8,11-14,17-19,34H,1-2,9-10,15-16H2,(H,29,32)(H,30,33)/b28-19+. The lowest BCUT2D eigenvalue weighted by Crippen LogP contribution is -2.18. The van der Waals surface area contributed by atoms with Crippen molar-refractivity contribution in [2.45, 2.75) is 38.5 Å². The molecule has 0 saturated carbocycles. The highest BCUT2D eigenvalue weighted by Crippen LogP contribution is 2.31. The molecule has 2 amide bonds. The van der Waals surface area contributed by atoms with E-state index in [9.17, 15) is 9.59 Å². The van der Waals surface area contributed by atoms with Crippen molar-refractivity contribution in [3.05, 3.63) is 78.6 Å². The van der Waals surface area contributed by atoms with Gasteiger partial charge in [0.25, 0.3) is 0 Å². The van der Waals surface area contributed by atoms with Crippen LogP contribution in [0.5, 0.6) is 0 Å². The number of hydrogen-bond acceptors (Lipinski definition) is 7. The summed E-state index contributed by atoms with van der Waals surface area (Å²) >= 11 is 0. The molecule has 34 heavy (non-hydrogen) atoms. The van der Waals surface area contributed by atoms with Gasteiger partial charge >= 0.3 is 0 Å². The molecule has 0 atom stereocenters. The third kappa shape index (κ3) is 7.79. The maximum absolute atomic E-state index is 11.9. The minimum Gasteiger partial charge on any atom is -0.289 e. The van der Waals surface area contributed by atoms with Crippen LogP contribution in [0.2, 0.25) is 0 Å². The highest BCUT2D eigenvalue weighted by atomic mass is 16.5. The average Bonchev–Trinajstić information content (AvgIpc) is 2.88. The zero-order valence-electron chi connectivity index (χ0n) is 18.8. The number of hydroxylamine groups is 1. The number of nitrogens with one attached hydrogen (secondary N) is 2. The Labute approximate surface area is 198 Å². The Balaban J connectivity index is 1.51. The van der Waals surface area contributed by atoms with Crippen molar-refractivity contribution >= 4 is 35.4 Å². The highest BCUT2D eigenvalue weighted by Gasteiger charge is 2.14. The van der Waals surface area contributed by atoms with Crippen molar-refractivity contribution in [3.63, 3.8) is 0 Å². The number of carbonyl (C=O) groups is 2. The van der Waals surface area contributed by atoms with E-state index >= 15 is 0 Å². The van der Waals surface area contributed by atoms with E-state index in [2.05, 4.69) is 20.5 Å². The van der Waals surface area contributed by atoms with Crippen LogP contribution in [-0.2, 0) is 9.59 Å². The molecule has 0 aliphatic carbocycles. The van der Waals surface area contributed by atoms with E-state index in [-0.39, 0.29) is 12.3 Å². The summed E-state index contributed by atoms with van der Waals surface area (Å²) in [5.41, 5.74) is 6.66. The molecule has 3 N–H and O–H groups in total. The molecule has 0 bridgehead atoms. The monoisotopic (exact) mass is 460 g/mol. The molecular formula is C25H28N6O3. The van der Waals surface area contributed by atoms with Gasteiger partial charge in [-0.1, -0.05) is 49.2 Å². The molecule has 0 radical (unpaired) electrons. The molecule has 2 aromatic carbocycles. The first-order chi connectivity index (χ1) is 16.7. The predicted molar refractivity (Wildman–Crippen MR) is 130 cm³/mol.